The molecule has 0 aliphatic rings. The van der Waals surface area contributed by atoms with Crippen LogP contribution < -0.4 is 0 Å². The first kappa shape index (κ1) is 11.2. The lowest BCUT2D eigenvalue weighted by Crippen LogP contribution is -1.88. The van der Waals surface area contributed by atoms with Crippen molar-refractivity contribution in [2.45, 2.75) is 19.3 Å². The van der Waals surface area contributed by atoms with Crippen LogP contribution in [0.5, 0.6) is 0 Å². The molecule has 0 aliphatic carbocycles. The number of aryl methyl sites for hydroxylation is 1. The Hall–Kier alpha value is 0.110. The Labute approximate surface area is 94.8 Å². The third kappa shape index (κ3) is 4.23. The van der Waals surface area contributed by atoms with E-state index in [4.69, 9.17) is 0 Å². The smallest absolute Gasteiger partial charge is 0.124 e. The van der Waals surface area contributed by atoms with E-state index in [9.17, 15) is 4.39 Å². The van der Waals surface area contributed by atoms with Gasteiger partial charge in [0.25, 0.3) is 0 Å². The molecule has 13 heavy (non-hydrogen) atoms. The Morgan fingerprint density at radius 2 is 1.92 bits per heavy atom. The van der Waals surface area contributed by atoms with Crippen LogP contribution in [0.2, 0.25) is 0 Å². The SMILES string of the molecule is Fc1cc(Br)cc(CCCCBr)c1. The average molecular weight is 310 g/mol. The number of rotatable bonds is 4. The molecule has 1 aromatic carbocycles. The summed E-state index contributed by atoms with van der Waals surface area (Å²) in [4.78, 5) is 0. The first-order chi connectivity index (χ1) is 6.22. The Kier molecular flexibility index (Phi) is 4.96. The Morgan fingerprint density at radius 3 is 2.54 bits per heavy atom. The molecule has 0 amide bonds. The molecule has 0 aliphatic heterocycles. The molecule has 0 unspecified atom stereocenters. The second-order valence-corrected chi connectivity index (χ2v) is 4.63. The summed E-state index contributed by atoms with van der Waals surface area (Å²) < 4.78 is 13.7. The molecule has 0 saturated heterocycles. The van der Waals surface area contributed by atoms with Crippen molar-refractivity contribution in [1.82, 2.24) is 0 Å². The largest absolute Gasteiger partial charge is 0.207 e. The van der Waals surface area contributed by atoms with Gasteiger partial charge >= 0.3 is 0 Å². The van der Waals surface area contributed by atoms with E-state index in [-0.39, 0.29) is 5.82 Å². The maximum Gasteiger partial charge on any atom is 0.124 e. The van der Waals surface area contributed by atoms with Crippen LogP contribution in [0.25, 0.3) is 0 Å². The summed E-state index contributed by atoms with van der Waals surface area (Å²) in [5.74, 6) is -0.164. The summed E-state index contributed by atoms with van der Waals surface area (Å²) in [6.45, 7) is 0. The predicted octanol–water partition coefficient (Wildman–Crippen LogP) is 4.31. The lowest BCUT2D eigenvalue weighted by Gasteiger charge is -2.01. The van der Waals surface area contributed by atoms with Crippen molar-refractivity contribution in [3.05, 3.63) is 34.1 Å². The van der Waals surface area contributed by atoms with Crippen molar-refractivity contribution in [3.63, 3.8) is 0 Å². The first-order valence-electron chi connectivity index (χ1n) is 4.23. The van der Waals surface area contributed by atoms with Gasteiger partial charge in [-0.3, -0.25) is 0 Å². The van der Waals surface area contributed by atoms with Gasteiger partial charge in [0.05, 0.1) is 0 Å². The van der Waals surface area contributed by atoms with Gasteiger partial charge in [0.2, 0.25) is 0 Å². The molecule has 0 aromatic heterocycles. The van der Waals surface area contributed by atoms with Crippen molar-refractivity contribution >= 4 is 31.9 Å². The van der Waals surface area contributed by atoms with Crippen molar-refractivity contribution in [3.8, 4) is 0 Å². The van der Waals surface area contributed by atoms with Crippen LogP contribution in [0.3, 0.4) is 0 Å². The molecule has 0 bridgehead atoms. The Bertz CT molecular complexity index is 253. The summed E-state index contributed by atoms with van der Waals surface area (Å²) in [5.41, 5.74) is 1.06. The monoisotopic (exact) mass is 308 g/mol. The van der Waals surface area contributed by atoms with Crippen LogP contribution >= 0.6 is 31.9 Å². The highest BCUT2D eigenvalue weighted by atomic mass is 79.9. The number of hydrogen-bond acceptors (Lipinski definition) is 0. The fourth-order valence-electron chi connectivity index (χ4n) is 1.18. The highest BCUT2D eigenvalue weighted by Gasteiger charge is 1.98. The van der Waals surface area contributed by atoms with E-state index >= 15 is 0 Å². The zero-order valence-corrected chi connectivity index (χ0v) is 10.4. The fraction of sp³-hybridized carbons (Fsp3) is 0.400. The number of benzene rings is 1. The Morgan fingerprint density at radius 1 is 1.15 bits per heavy atom. The first-order valence-corrected chi connectivity index (χ1v) is 6.15. The van der Waals surface area contributed by atoms with Crippen molar-refractivity contribution < 1.29 is 4.39 Å². The average Bonchev–Trinajstić information content (AvgIpc) is 2.03. The highest BCUT2D eigenvalue weighted by molar-refractivity contribution is 9.10. The summed E-state index contributed by atoms with van der Waals surface area (Å²) >= 11 is 6.64. The number of unbranched alkanes of at least 4 members (excludes halogenated alkanes) is 1. The van der Waals surface area contributed by atoms with Crippen molar-refractivity contribution in [1.29, 1.82) is 0 Å². The van der Waals surface area contributed by atoms with Gasteiger partial charge in [-0.25, -0.2) is 4.39 Å². The van der Waals surface area contributed by atoms with Gasteiger partial charge < -0.3 is 0 Å². The minimum Gasteiger partial charge on any atom is -0.207 e. The van der Waals surface area contributed by atoms with E-state index in [0.29, 0.717) is 0 Å². The number of hydrogen-bond donors (Lipinski definition) is 0. The molecule has 72 valence electrons. The lowest BCUT2D eigenvalue weighted by molar-refractivity contribution is 0.623. The third-order valence-electron chi connectivity index (χ3n) is 1.77. The molecule has 1 rings (SSSR count). The maximum atomic E-state index is 12.9. The molecule has 0 heterocycles. The van der Waals surface area contributed by atoms with E-state index in [2.05, 4.69) is 31.9 Å². The van der Waals surface area contributed by atoms with E-state index in [1.165, 1.54) is 6.07 Å². The predicted molar refractivity (Wildman–Crippen MR) is 60.8 cm³/mol. The molecule has 0 spiro atoms. The van der Waals surface area contributed by atoms with E-state index in [1.54, 1.807) is 6.07 Å². The molecule has 0 nitrogen and oxygen atoms in total. The molecule has 0 saturated carbocycles. The van der Waals surface area contributed by atoms with Crippen LogP contribution in [0, 0.1) is 5.82 Å². The molecule has 0 atom stereocenters. The molecule has 0 N–H and O–H groups in total. The molecular weight excluding hydrogens is 299 g/mol. The fourth-order valence-corrected chi connectivity index (χ4v) is 2.09. The topological polar surface area (TPSA) is 0 Å². The molecular formula is C10H11Br2F. The molecule has 0 fully saturated rings. The summed E-state index contributed by atoms with van der Waals surface area (Å²) in [5, 5.41) is 1.02. The zero-order chi connectivity index (χ0) is 9.68. The quantitative estimate of drug-likeness (QED) is 0.574. The molecule has 3 heteroatoms. The van der Waals surface area contributed by atoms with E-state index in [1.807, 2.05) is 6.07 Å². The minimum atomic E-state index is -0.164. The van der Waals surface area contributed by atoms with Crippen molar-refractivity contribution in [2.75, 3.05) is 5.33 Å². The normalized spacial score (nSPS) is 10.4. The van der Waals surface area contributed by atoms with Gasteiger partial charge in [-0.05, 0) is 43.0 Å². The van der Waals surface area contributed by atoms with E-state index < -0.39 is 0 Å². The van der Waals surface area contributed by atoms with Crippen LogP contribution in [0.4, 0.5) is 4.39 Å². The summed E-state index contributed by atoms with van der Waals surface area (Å²) in [6, 6.07) is 5.05. The zero-order valence-electron chi connectivity index (χ0n) is 7.19. The summed E-state index contributed by atoms with van der Waals surface area (Å²) in [7, 11) is 0. The van der Waals surface area contributed by atoms with Gasteiger partial charge in [0.15, 0.2) is 0 Å². The van der Waals surface area contributed by atoms with Crippen LogP contribution in [-0.4, -0.2) is 5.33 Å². The number of alkyl halides is 1. The Balaban J connectivity index is 2.56. The van der Waals surface area contributed by atoms with Gasteiger partial charge in [-0.15, -0.1) is 0 Å². The van der Waals surface area contributed by atoms with Gasteiger partial charge in [-0.1, -0.05) is 31.9 Å². The van der Waals surface area contributed by atoms with Crippen LogP contribution in [0.15, 0.2) is 22.7 Å². The van der Waals surface area contributed by atoms with E-state index in [0.717, 1.165) is 34.6 Å². The van der Waals surface area contributed by atoms with Crippen molar-refractivity contribution in [2.24, 2.45) is 0 Å². The number of halogens is 3. The second kappa shape index (κ2) is 5.76. The standard InChI is InChI=1S/C10H11Br2F/c11-4-2-1-3-8-5-9(12)7-10(13)6-8/h5-7H,1-4H2. The second-order valence-electron chi connectivity index (χ2n) is 2.92. The van der Waals surface area contributed by atoms with Crippen LogP contribution in [0.1, 0.15) is 18.4 Å². The third-order valence-corrected chi connectivity index (χ3v) is 2.79. The molecule has 0 radical (unpaired) electrons. The van der Waals surface area contributed by atoms with Crippen LogP contribution in [-0.2, 0) is 6.42 Å². The lowest BCUT2D eigenvalue weighted by atomic mass is 10.1. The van der Waals surface area contributed by atoms with Gasteiger partial charge in [0, 0.05) is 9.80 Å². The minimum absolute atomic E-state index is 0.164. The molecule has 1 aromatic rings. The summed E-state index contributed by atoms with van der Waals surface area (Å²) in [6.07, 6.45) is 3.18. The maximum absolute atomic E-state index is 12.9. The highest BCUT2D eigenvalue weighted by Crippen LogP contribution is 2.16. The van der Waals surface area contributed by atoms with Gasteiger partial charge in [-0.2, -0.15) is 0 Å². The van der Waals surface area contributed by atoms with Gasteiger partial charge in [0.1, 0.15) is 5.82 Å².